The summed E-state index contributed by atoms with van der Waals surface area (Å²) in [7, 11) is 0. The van der Waals surface area contributed by atoms with Gasteiger partial charge in [0.1, 0.15) is 0 Å². The number of aliphatic hydroxyl groups excluding tert-OH is 1. The number of carboxylic acid groups (broad SMARTS) is 1. The molecule has 25 heavy (non-hydrogen) atoms. The largest absolute Gasteiger partial charge is 0.478 e. The minimum atomic E-state index is -0.975. The number of rotatable bonds is 5. The lowest BCUT2D eigenvalue weighted by atomic mass is 9.84. The van der Waals surface area contributed by atoms with Gasteiger partial charge in [-0.3, -0.25) is 0 Å². The number of nitrogens with zero attached hydrogens (tertiary/aromatic N) is 1. The van der Waals surface area contributed by atoms with E-state index in [4.69, 9.17) is 5.11 Å². The molecule has 1 fully saturated rings. The van der Waals surface area contributed by atoms with Gasteiger partial charge in [0.25, 0.3) is 0 Å². The first-order valence-corrected chi connectivity index (χ1v) is 8.49. The second kappa shape index (κ2) is 7.35. The van der Waals surface area contributed by atoms with Gasteiger partial charge in [-0.1, -0.05) is 42.5 Å². The Morgan fingerprint density at radius 1 is 1.04 bits per heavy atom. The van der Waals surface area contributed by atoms with Crippen molar-refractivity contribution in [3.63, 3.8) is 0 Å². The maximum Gasteiger partial charge on any atom is 0.335 e. The number of aromatic carboxylic acids is 1. The fraction of sp³-hybridized carbons (Fsp3) is 0.350. The van der Waals surface area contributed by atoms with Crippen molar-refractivity contribution in [2.75, 3.05) is 19.6 Å². The fourth-order valence-corrected chi connectivity index (χ4v) is 3.34. The summed E-state index contributed by atoms with van der Waals surface area (Å²) in [6, 6.07) is 16.0. The Hall–Kier alpha value is -2.21. The zero-order valence-electron chi connectivity index (χ0n) is 14.0. The van der Waals surface area contributed by atoms with Gasteiger partial charge >= 0.3 is 5.97 Å². The summed E-state index contributed by atoms with van der Waals surface area (Å²) < 4.78 is 0. The van der Waals surface area contributed by atoms with E-state index in [0.29, 0.717) is 38.0 Å². The van der Waals surface area contributed by atoms with Crippen molar-refractivity contribution in [2.24, 2.45) is 0 Å². The maximum absolute atomic E-state index is 10.9. The zero-order valence-corrected chi connectivity index (χ0v) is 14.0. The lowest BCUT2D eigenvalue weighted by Gasteiger charge is -2.39. The molecule has 0 spiro atoms. The summed E-state index contributed by atoms with van der Waals surface area (Å²) in [5.74, 6) is -0.975. The third-order valence-corrected chi connectivity index (χ3v) is 4.97. The highest BCUT2D eigenvalue weighted by Gasteiger charge is 2.34. The SMILES string of the molecule is O=C(O)c1ccc(C(O)CN2CCC(O)(c3ccccc3)CC2)cc1. The Balaban J connectivity index is 1.57. The van der Waals surface area contributed by atoms with Gasteiger partial charge < -0.3 is 20.2 Å². The van der Waals surface area contributed by atoms with Crippen molar-refractivity contribution in [2.45, 2.75) is 24.5 Å². The predicted molar refractivity (Wildman–Crippen MR) is 94.4 cm³/mol. The number of carbonyl (C=O) groups is 1. The molecule has 1 atom stereocenters. The van der Waals surface area contributed by atoms with Crippen LogP contribution in [-0.4, -0.2) is 45.8 Å². The monoisotopic (exact) mass is 341 g/mol. The summed E-state index contributed by atoms with van der Waals surface area (Å²) in [5, 5.41) is 30.2. The first-order chi connectivity index (χ1) is 12.0. The summed E-state index contributed by atoms with van der Waals surface area (Å²) in [6.45, 7) is 1.88. The molecular weight excluding hydrogens is 318 g/mol. The van der Waals surface area contributed by atoms with Crippen molar-refractivity contribution in [1.82, 2.24) is 4.90 Å². The molecule has 0 saturated carbocycles. The van der Waals surface area contributed by atoms with Crippen molar-refractivity contribution in [1.29, 1.82) is 0 Å². The van der Waals surface area contributed by atoms with Crippen LogP contribution in [0.5, 0.6) is 0 Å². The van der Waals surface area contributed by atoms with Crippen LogP contribution in [0, 0.1) is 0 Å². The van der Waals surface area contributed by atoms with E-state index in [1.165, 1.54) is 12.1 Å². The summed E-state index contributed by atoms with van der Waals surface area (Å²) in [6.07, 6.45) is 0.578. The lowest BCUT2D eigenvalue weighted by Crippen LogP contribution is -2.43. The third kappa shape index (κ3) is 4.07. The van der Waals surface area contributed by atoms with Crippen LogP contribution in [0.1, 0.15) is 40.4 Å². The molecule has 2 aromatic rings. The van der Waals surface area contributed by atoms with Gasteiger partial charge in [0.2, 0.25) is 0 Å². The van der Waals surface area contributed by atoms with Gasteiger partial charge in [-0.15, -0.1) is 0 Å². The molecular formula is C20H23NO4. The maximum atomic E-state index is 10.9. The van der Waals surface area contributed by atoms with Gasteiger partial charge in [0, 0.05) is 19.6 Å². The van der Waals surface area contributed by atoms with Gasteiger partial charge in [-0.25, -0.2) is 4.79 Å². The van der Waals surface area contributed by atoms with Crippen LogP contribution in [-0.2, 0) is 5.60 Å². The summed E-state index contributed by atoms with van der Waals surface area (Å²) in [5.41, 5.74) is 1.06. The molecule has 132 valence electrons. The van der Waals surface area contributed by atoms with Crippen LogP contribution in [0.4, 0.5) is 0 Å². The van der Waals surface area contributed by atoms with Crippen LogP contribution in [0.3, 0.4) is 0 Å². The number of benzene rings is 2. The van der Waals surface area contributed by atoms with Crippen molar-refractivity contribution in [3.8, 4) is 0 Å². The molecule has 0 amide bonds. The molecule has 1 saturated heterocycles. The van der Waals surface area contributed by atoms with Crippen LogP contribution in [0.15, 0.2) is 54.6 Å². The van der Waals surface area contributed by atoms with E-state index in [0.717, 1.165) is 5.56 Å². The standard InChI is InChI=1S/C20H23NO4/c22-18(15-6-8-16(9-7-15)19(23)24)14-21-12-10-20(25,11-13-21)17-4-2-1-3-5-17/h1-9,18,22,25H,10-14H2,(H,23,24). The second-order valence-electron chi connectivity index (χ2n) is 6.64. The zero-order chi connectivity index (χ0) is 17.9. The lowest BCUT2D eigenvalue weighted by molar-refractivity contribution is -0.0344. The topological polar surface area (TPSA) is 81.0 Å². The Bertz CT molecular complexity index is 706. The molecule has 1 heterocycles. The summed E-state index contributed by atoms with van der Waals surface area (Å²) >= 11 is 0. The Morgan fingerprint density at radius 2 is 1.64 bits per heavy atom. The number of hydrogen-bond donors (Lipinski definition) is 3. The Labute approximate surface area is 147 Å². The number of hydrogen-bond acceptors (Lipinski definition) is 4. The highest BCUT2D eigenvalue weighted by atomic mass is 16.4. The Kier molecular flexibility index (Phi) is 5.18. The number of likely N-dealkylation sites (tertiary alicyclic amines) is 1. The quantitative estimate of drug-likeness (QED) is 0.778. The number of carboxylic acids is 1. The molecule has 1 aliphatic rings. The van der Waals surface area contributed by atoms with Gasteiger partial charge in [0.05, 0.1) is 17.3 Å². The predicted octanol–water partition coefficient (Wildman–Crippen LogP) is 2.40. The van der Waals surface area contributed by atoms with Gasteiger partial charge in [-0.2, -0.15) is 0 Å². The van der Waals surface area contributed by atoms with Crippen molar-refractivity contribution < 1.29 is 20.1 Å². The van der Waals surface area contributed by atoms with Crippen LogP contribution < -0.4 is 0 Å². The molecule has 1 unspecified atom stereocenters. The van der Waals surface area contributed by atoms with E-state index in [1.54, 1.807) is 12.1 Å². The molecule has 0 bridgehead atoms. The minimum absolute atomic E-state index is 0.210. The smallest absolute Gasteiger partial charge is 0.335 e. The molecule has 2 aromatic carbocycles. The number of β-amino-alcohol motifs (C(OH)–C–C–N with tert-alkyl or cyclic N) is 1. The van der Waals surface area contributed by atoms with E-state index >= 15 is 0 Å². The molecule has 1 aliphatic heterocycles. The van der Waals surface area contributed by atoms with E-state index < -0.39 is 17.7 Å². The molecule has 0 aliphatic carbocycles. The van der Waals surface area contributed by atoms with Crippen LogP contribution >= 0.6 is 0 Å². The third-order valence-electron chi connectivity index (χ3n) is 4.97. The number of aliphatic hydroxyl groups is 2. The first kappa shape index (κ1) is 17.6. The summed E-state index contributed by atoms with van der Waals surface area (Å²) in [4.78, 5) is 13.0. The Morgan fingerprint density at radius 3 is 2.20 bits per heavy atom. The minimum Gasteiger partial charge on any atom is -0.478 e. The van der Waals surface area contributed by atoms with E-state index in [9.17, 15) is 15.0 Å². The van der Waals surface area contributed by atoms with Crippen molar-refractivity contribution in [3.05, 3.63) is 71.3 Å². The average molecular weight is 341 g/mol. The first-order valence-electron chi connectivity index (χ1n) is 8.49. The van der Waals surface area contributed by atoms with Gasteiger partial charge in [0.15, 0.2) is 0 Å². The van der Waals surface area contributed by atoms with E-state index in [1.807, 2.05) is 30.3 Å². The van der Waals surface area contributed by atoms with Crippen molar-refractivity contribution >= 4 is 5.97 Å². The average Bonchev–Trinajstić information content (AvgIpc) is 2.64. The molecule has 0 radical (unpaired) electrons. The highest BCUT2D eigenvalue weighted by Crippen LogP contribution is 2.33. The second-order valence-corrected chi connectivity index (χ2v) is 6.64. The molecule has 3 N–H and O–H groups in total. The highest BCUT2D eigenvalue weighted by molar-refractivity contribution is 5.87. The molecule has 3 rings (SSSR count). The fourth-order valence-electron chi connectivity index (χ4n) is 3.34. The van der Waals surface area contributed by atoms with Gasteiger partial charge in [-0.05, 0) is 36.1 Å². The molecule has 0 aromatic heterocycles. The normalized spacial score (nSPS) is 18.6. The molecule has 5 nitrogen and oxygen atoms in total. The van der Waals surface area contributed by atoms with E-state index in [2.05, 4.69) is 4.90 Å². The van der Waals surface area contributed by atoms with Crippen LogP contribution in [0.2, 0.25) is 0 Å². The number of piperidine rings is 1. The van der Waals surface area contributed by atoms with E-state index in [-0.39, 0.29) is 5.56 Å². The molecule has 5 heteroatoms. The van der Waals surface area contributed by atoms with Crippen LogP contribution in [0.25, 0.3) is 0 Å².